The van der Waals surface area contributed by atoms with Crippen molar-refractivity contribution in [2.24, 2.45) is 0 Å². The Labute approximate surface area is 167 Å². The van der Waals surface area contributed by atoms with Gasteiger partial charge in [0.1, 0.15) is 21.5 Å². The number of amides is 1. The molecular formula is C19H11FN2O4S2. The normalized spacial score (nSPS) is 15.3. The van der Waals surface area contributed by atoms with Crippen molar-refractivity contribution in [3.8, 4) is 11.1 Å². The smallest absolute Gasteiger partial charge is 0.337 e. The largest absolute Gasteiger partial charge is 0.465 e. The third-order valence-electron chi connectivity index (χ3n) is 3.99. The number of nitrogens with one attached hydrogen (secondary N) is 1. The lowest BCUT2D eigenvalue weighted by atomic mass is 10.0. The van der Waals surface area contributed by atoms with Gasteiger partial charge in [-0.1, -0.05) is 24.0 Å². The molecule has 1 saturated heterocycles. The second-order valence-electron chi connectivity index (χ2n) is 5.83. The molecule has 0 atom stereocenters. The van der Waals surface area contributed by atoms with E-state index in [1.54, 1.807) is 18.3 Å². The fourth-order valence-corrected chi connectivity index (χ4v) is 3.81. The van der Waals surface area contributed by atoms with E-state index in [2.05, 4.69) is 15.0 Å². The summed E-state index contributed by atoms with van der Waals surface area (Å²) >= 11 is 6.11. The zero-order valence-electron chi connectivity index (χ0n) is 14.3. The molecule has 0 unspecified atom stereocenters. The summed E-state index contributed by atoms with van der Waals surface area (Å²) in [6.07, 6.45) is 4.69. The number of esters is 1. The standard InChI is InChI=1S/C19H11FN2O4S2/c1-25-18(24)10-2-9(3-12(20)4-10)14-8-21-7-11-5-13(26-16(11)14)6-15-17(23)22-19(27)28-15/h2-8H,1H3,(H,22,23,27)/b15-6+. The molecule has 0 bridgehead atoms. The van der Waals surface area contributed by atoms with E-state index in [4.69, 9.17) is 16.6 Å². The maximum absolute atomic E-state index is 14.0. The maximum atomic E-state index is 14.0. The average Bonchev–Trinajstić information content (AvgIpc) is 3.22. The number of carbonyl (C=O) groups is 2. The molecule has 3 heterocycles. The van der Waals surface area contributed by atoms with E-state index in [9.17, 15) is 14.0 Å². The van der Waals surface area contributed by atoms with Crippen LogP contribution in [0.25, 0.3) is 28.2 Å². The Morgan fingerprint density at radius 1 is 1.32 bits per heavy atom. The number of rotatable bonds is 3. The van der Waals surface area contributed by atoms with Crippen molar-refractivity contribution in [2.75, 3.05) is 7.11 Å². The van der Waals surface area contributed by atoms with Crippen LogP contribution in [0.3, 0.4) is 0 Å². The first-order valence-corrected chi connectivity index (χ1v) is 9.19. The van der Waals surface area contributed by atoms with Crippen molar-refractivity contribution in [2.45, 2.75) is 0 Å². The third kappa shape index (κ3) is 3.41. The van der Waals surface area contributed by atoms with Crippen molar-refractivity contribution in [1.82, 2.24) is 10.3 Å². The number of fused-ring (bicyclic) bond motifs is 1. The van der Waals surface area contributed by atoms with Gasteiger partial charge in [-0.05, 0) is 29.8 Å². The molecular weight excluding hydrogens is 403 g/mol. The molecule has 1 aliphatic rings. The first-order chi connectivity index (χ1) is 13.4. The molecule has 1 amide bonds. The number of pyridine rings is 1. The number of aromatic nitrogens is 1. The van der Waals surface area contributed by atoms with Crippen molar-refractivity contribution >= 4 is 57.2 Å². The fraction of sp³-hybridized carbons (Fsp3) is 0.0526. The van der Waals surface area contributed by atoms with Crippen LogP contribution in [0, 0.1) is 5.82 Å². The minimum absolute atomic E-state index is 0.0796. The number of nitrogens with zero attached hydrogens (tertiary/aromatic N) is 1. The Bertz CT molecular complexity index is 1190. The Morgan fingerprint density at radius 2 is 2.14 bits per heavy atom. The summed E-state index contributed by atoms with van der Waals surface area (Å²) in [7, 11) is 1.23. The van der Waals surface area contributed by atoms with Gasteiger partial charge >= 0.3 is 5.97 Å². The Hall–Kier alpha value is -3.04. The minimum Gasteiger partial charge on any atom is -0.465 e. The van der Waals surface area contributed by atoms with Gasteiger partial charge in [-0.2, -0.15) is 0 Å². The van der Waals surface area contributed by atoms with Crippen LogP contribution in [0.2, 0.25) is 0 Å². The minimum atomic E-state index is -0.647. The van der Waals surface area contributed by atoms with Gasteiger partial charge in [0, 0.05) is 29.4 Å². The molecule has 1 fully saturated rings. The topological polar surface area (TPSA) is 81.4 Å². The van der Waals surface area contributed by atoms with Crippen LogP contribution in [-0.4, -0.2) is 28.3 Å². The second kappa shape index (κ2) is 7.17. The van der Waals surface area contributed by atoms with E-state index in [1.807, 2.05) is 0 Å². The molecule has 3 aromatic rings. The number of carbonyl (C=O) groups excluding carboxylic acids is 2. The van der Waals surface area contributed by atoms with E-state index in [1.165, 1.54) is 25.4 Å². The lowest BCUT2D eigenvalue weighted by Crippen LogP contribution is -2.17. The van der Waals surface area contributed by atoms with Gasteiger partial charge in [-0.25, -0.2) is 9.18 Å². The number of thioether (sulfide) groups is 1. The number of furan rings is 1. The zero-order valence-corrected chi connectivity index (χ0v) is 15.9. The SMILES string of the molecule is COC(=O)c1cc(F)cc(-c2cncc3cc(/C=C4/SC(=S)NC4=O)oc23)c1. The van der Waals surface area contributed by atoms with Gasteiger partial charge in [0.05, 0.1) is 17.6 Å². The second-order valence-corrected chi connectivity index (χ2v) is 7.55. The predicted molar refractivity (Wildman–Crippen MR) is 107 cm³/mol. The summed E-state index contributed by atoms with van der Waals surface area (Å²) in [6, 6.07) is 5.60. The first-order valence-electron chi connectivity index (χ1n) is 7.96. The van der Waals surface area contributed by atoms with Crippen LogP contribution in [0.5, 0.6) is 0 Å². The highest BCUT2D eigenvalue weighted by Gasteiger charge is 2.23. The van der Waals surface area contributed by atoms with Crippen molar-refractivity contribution in [3.63, 3.8) is 0 Å². The van der Waals surface area contributed by atoms with Crippen molar-refractivity contribution in [1.29, 1.82) is 0 Å². The Kier molecular flexibility index (Phi) is 4.70. The lowest BCUT2D eigenvalue weighted by Gasteiger charge is -2.05. The number of thiocarbonyl (C=S) groups is 1. The van der Waals surface area contributed by atoms with Gasteiger partial charge in [-0.15, -0.1) is 0 Å². The molecule has 28 heavy (non-hydrogen) atoms. The summed E-state index contributed by atoms with van der Waals surface area (Å²) in [5.74, 6) is -1.10. The van der Waals surface area contributed by atoms with E-state index in [-0.39, 0.29) is 11.5 Å². The molecule has 2 aromatic heterocycles. The molecule has 9 heteroatoms. The summed E-state index contributed by atoms with van der Waals surface area (Å²) in [6.45, 7) is 0. The van der Waals surface area contributed by atoms with E-state index < -0.39 is 11.8 Å². The van der Waals surface area contributed by atoms with Crippen molar-refractivity contribution in [3.05, 3.63) is 58.7 Å². The van der Waals surface area contributed by atoms with Gasteiger partial charge in [0.25, 0.3) is 5.91 Å². The van der Waals surface area contributed by atoms with E-state index >= 15 is 0 Å². The molecule has 6 nitrogen and oxygen atoms in total. The van der Waals surface area contributed by atoms with Gasteiger partial charge in [0.2, 0.25) is 0 Å². The highest BCUT2D eigenvalue weighted by atomic mass is 32.2. The lowest BCUT2D eigenvalue weighted by molar-refractivity contribution is -0.115. The quantitative estimate of drug-likeness (QED) is 0.395. The molecule has 1 aliphatic heterocycles. The highest BCUT2D eigenvalue weighted by Crippen LogP contribution is 2.33. The number of hydrogen-bond acceptors (Lipinski definition) is 7. The molecule has 0 radical (unpaired) electrons. The van der Waals surface area contributed by atoms with Crippen LogP contribution in [0.1, 0.15) is 16.1 Å². The number of ether oxygens (including phenoxy) is 1. The van der Waals surface area contributed by atoms with Crippen LogP contribution < -0.4 is 5.32 Å². The first kappa shape index (κ1) is 18.3. The van der Waals surface area contributed by atoms with E-state index in [0.717, 1.165) is 17.8 Å². The molecule has 0 saturated carbocycles. The zero-order chi connectivity index (χ0) is 19.8. The van der Waals surface area contributed by atoms with Crippen LogP contribution >= 0.6 is 24.0 Å². The summed E-state index contributed by atoms with van der Waals surface area (Å²) in [5, 5.41) is 3.20. The van der Waals surface area contributed by atoms with Gasteiger partial charge < -0.3 is 14.5 Å². The predicted octanol–water partition coefficient (Wildman–Crippen LogP) is 3.91. The molecule has 0 spiro atoms. The summed E-state index contributed by atoms with van der Waals surface area (Å²) in [4.78, 5) is 28.2. The van der Waals surface area contributed by atoms with Crippen LogP contribution in [-0.2, 0) is 9.53 Å². The molecule has 0 aliphatic carbocycles. The maximum Gasteiger partial charge on any atom is 0.337 e. The summed E-state index contributed by atoms with van der Waals surface area (Å²) in [5.41, 5.74) is 1.46. The molecule has 1 N–H and O–H groups in total. The highest BCUT2D eigenvalue weighted by molar-refractivity contribution is 8.26. The van der Waals surface area contributed by atoms with Gasteiger partial charge in [-0.3, -0.25) is 9.78 Å². The molecule has 140 valence electrons. The Balaban J connectivity index is 1.81. The average molecular weight is 414 g/mol. The number of halogens is 1. The fourth-order valence-electron chi connectivity index (χ4n) is 2.79. The number of hydrogen-bond donors (Lipinski definition) is 1. The third-order valence-corrected chi connectivity index (χ3v) is 5.15. The summed E-state index contributed by atoms with van der Waals surface area (Å²) < 4.78 is 25.0. The molecule has 1 aromatic carbocycles. The monoisotopic (exact) mass is 414 g/mol. The Morgan fingerprint density at radius 3 is 2.86 bits per heavy atom. The van der Waals surface area contributed by atoms with Crippen LogP contribution in [0.15, 0.2) is 46.0 Å². The number of benzene rings is 1. The van der Waals surface area contributed by atoms with Crippen molar-refractivity contribution < 1.29 is 23.1 Å². The number of methoxy groups -OCH3 is 1. The van der Waals surface area contributed by atoms with Crippen LogP contribution in [0.4, 0.5) is 4.39 Å². The van der Waals surface area contributed by atoms with Gasteiger partial charge in [0.15, 0.2) is 0 Å². The van der Waals surface area contributed by atoms with E-state index in [0.29, 0.717) is 37.1 Å². The molecule has 4 rings (SSSR count).